The Morgan fingerprint density at radius 3 is 2.36 bits per heavy atom. The van der Waals surface area contributed by atoms with Gasteiger partial charge in [0.15, 0.2) is 11.6 Å². The minimum absolute atomic E-state index is 0.0104. The van der Waals surface area contributed by atoms with Crippen LogP contribution in [0.25, 0.3) is 12.2 Å². The van der Waals surface area contributed by atoms with Gasteiger partial charge in [-0.3, -0.25) is 9.59 Å². The number of rotatable bonds is 16. The van der Waals surface area contributed by atoms with Crippen molar-refractivity contribution in [3.63, 3.8) is 0 Å². The molecule has 0 saturated heterocycles. The van der Waals surface area contributed by atoms with Crippen molar-refractivity contribution in [1.82, 2.24) is 15.0 Å². The normalized spacial score (nSPS) is 11.5. The van der Waals surface area contributed by atoms with Crippen LogP contribution in [-0.4, -0.2) is 68.8 Å². The van der Waals surface area contributed by atoms with E-state index in [0.717, 1.165) is 16.8 Å². The van der Waals surface area contributed by atoms with Gasteiger partial charge in [-0.2, -0.15) is 0 Å². The molecule has 39 heavy (non-hydrogen) atoms. The molecule has 0 atom stereocenters. The lowest BCUT2D eigenvalue weighted by Crippen LogP contribution is -2.08. The summed E-state index contributed by atoms with van der Waals surface area (Å²) in [6, 6.07) is 10.3. The van der Waals surface area contributed by atoms with Crippen LogP contribution in [0.1, 0.15) is 34.4 Å². The summed E-state index contributed by atoms with van der Waals surface area (Å²) in [5.41, 5.74) is 3.58. The number of aliphatic hydroxyl groups excluding tert-OH is 2. The highest BCUT2D eigenvalue weighted by Gasteiger charge is 2.08. The number of nitrogens with zero attached hydrogens (tertiary/aromatic N) is 3. The van der Waals surface area contributed by atoms with Crippen LogP contribution in [0.2, 0.25) is 0 Å². The summed E-state index contributed by atoms with van der Waals surface area (Å²) in [6.07, 6.45) is 8.80. The molecule has 1 heterocycles. The van der Waals surface area contributed by atoms with E-state index in [1.54, 1.807) is 30.0 Å². The molecule has 10 nitrogen and oxygen atoms in total. The molecular formula is C29H33N3O7. The molecule has 0 amide bonds. The molecule has 2 aromatic carbocycles. The molecule has 10 heteroatoms. The summed E-state index contributed by atoms with van der Waals surface area (Å²) in [4.78, 5) is 24.5. The number of phenols is 1. The Bertz CT molecular complexity index is 1310. The van der Waals surface area contributed by atoms with Crippen LogP contribution in [0.15, 0.2) is 54.7 Å². The standard InChI is InChI=1S/C29H33N3O7/c1-38-29-17-22(2-6-23(29)7-8-25-19-32(31-30-25)12-14-39-15-13-33)4-10-27(36)18-26(35)9-3-21-5-11-28(37)24(16-21)20-34/h2-6,9-11,16-17,19,33-34,37H,7-8,12-15,18,20H2,1H3/b9-3+,10-4+. The monoisotopic (exact) mass is 535 g/mol. The van der Waals surface area contributed by atoms with Crippen LogP contribution in [-0.2, 0) is 40.3 Å². The SMILES string of the molecule is COc1cc(/C=C/C(=O)CC(=O)/C=C/c2ccc(O)c(CO)c2)ccc1CCc1cn(CCOCCO)nn1. The Hall–Kier alpha value is -4.12. The highest BCUT2D eigenvalue weighted by Crippen LogP contribution is 2.23. The summed E-state index contributed by atoms with van der Waals surface area (Å²) in [5, 5.41) is 35.9. The van der Waals surface area contributed by atoms with Gasteiger partial charge in [-0.15, -0.1) is 5.10 Å². The van der Waals surface area contributed by atoms with E-state index in [9.17, 15) is 19.8 Å². The molecule has 0 aliphatic rings. The van der Waals surface area contributed by atoms with E-state index in [4.69, 9.17) is 14.6 Å². The first-order valence-corrected chi connectivity index (χ1v) is 12.5. The van der Waals surface area contributed by atoms with Crippen molar-refractivity contribution in [2.45, 2.75) is 32.4 Å². The zero-order chi connectivity index (χ0) is 28.0. The number of benzene rings is 2. The number of hydrogen-bond acceptors (Lipinski definition) is 9. The Labute approximate surface area is 226 Å². The van der Waals surface area contributed by atoms with E-state index in [1.165, 1.54) is 24.3 Å². The number of aliphatic hydroxyl groups is 2. The maximum atomic E-state index is 12.3. The number of ether oxygens (including phenoxy) is 2. The van der Waals surface area contributed by atoms with Gasteiger partial charge in [0.1, 0.15) is 11.5 Å². The molecule has 206 valence electrons. The first-order valence-electron chi connectivity index (χ1n) is 12.5. The number of ketones is 2. The molecule has 3 N–H and O–H groups in total. The molecule has 3 rings (SSSR count). The third kappa shape index (κ3) is 9.60. The van der Waals surface area contributed by atoms with Gasteiger partial charge in [0.25, 0.3) is 0 Å². The number of hydrogen-bond donors (Lipinski definition) is 3. The van der Waals surface area contributed by atoms with Gasteiger partial charge in [0.05, 0.1) is 52.2 Å². The molecule has 0 unspecified atom stereocenters. The lowest BCUT2D eigenvalue weighted by atomic mass is 10.0. The molecule has 0 aliphatic carbocycles. The van der Waals surface area contributed by atoms with E-state index in [0.29, 0.717) is 49.5 Å². The molecular weight excluding hydrogens is 502 g/mol. The smallest absolute Gasteiger partial charge is 0.163 e. The van der Waals surface area contributed by atoms with Crippen molar-refractivity contribution in [2.75, 3.05) is 26.9 Å². The Balaban J connectivity index is 1.51. The lowest BCUT2D eigenvalue weighted by molar-refractivity contribution is -0.121. The second kappa shape index (κ2) is 15.3. The fourth-order valence-electron chi connectivity index (χ4n) is 3.72. The fraction of sp³-hybridized carbons (Fsp3) is 0.310. The van der Waals surface area contributed by atoms with Gasteiger partial charge in [0.2, 0.25) is 0 Å². The van der Waals surface area contributed by atoms with Gasteiger partial charge >= 0.3 is 0 Å². The van der Waals surface area contributed by atoms with E-state index in [1.807, 2.05) is 24.4 Å². The number of aromatic nitrogens is 3. The molecule has 0 fully saturated rings. The van der Waals surface area contributed by atoms with Crippen LogP contribution in [0.3, 0.4) is 0 Å². The number of allylic oxidation sites excluding steroid dienone is 2. The number of aryl methyl sites for hydroxylation is 2. The average molecular weight is 536 g/mol. The van der Waals surface area contributed by atoms with Gasteiger partial charge in [-0.05, 0) is 59.9 Å². The molecule has 0 radical (unpaired) electrons. The van der Waals surface area contributed by atoms with E-state index >= 15 is 0 Å². The van der Waals surface area contributed by atoms with E-state index < -0.39 is 0 Å². The zero-order valence-corrected chi connectivity index (χ0v) is 21.8. The topological polar surface area (TPSA) is 144 Å². The van der Waals surface area contributed by atoms with E-state index in [-0.39, 0.29) is 37.0 Å². The molecule has 0 aliphatic heterocycles. The Morgan fingerprint density at radius 2 is 1.67 bits per heavy atom. The van der Waals surface area contributed by atoms with Crippen LogP contribution < -0.4 is 4.74 Å². The fourth-order valence-corrected chi connectivity index (χ4v) is 3.72. The second-order valence-electron chi connectivity index (χ2n) is 8.70. The van der Waals surface area contributed by atoms with Gasteiger partial charge < -0.3 is 24.8 Å². The van der Waals surface area contributed by atoms with Crippen molar-refractivity contribution >= 4 is 23.7 Å². The number of aromatic hydroxyl groups is 1. The highest BCUT2D eigenvalue weighted by molar-refractivity contribution is 6.10. The first kappa shape index (κ1) is 29.4. The van der Waals surface area contributed by atoms with Crippen LogP contribution in [0.5, 0.6) is 11.5 Å². The quantitative estimate of drug-likeness (QED) is 0.143. The zero-order valence-electron chi connectivity index (χ0n) is 21.8. The third-order valence-electron chi connectivity index (χ3n) is 5.79. The summed E-state index contributed by atoms with van der Waals surface area (Å²) in [6.45, 7) is 0.977. The molecule has 0 spiro atoms. The minimum atomic E-state index is -0.356. The molecule has 0 bridgehead atoms. The molecule has 0 saturated carbocycles. The van der Waals surface area contributed by atoms with Crippen molar-refractivity contribution in [3.05, 3.63) is 82.7 Å². The summed E-state index contributed by atoms with van der Waals surface area (Å²) < 4.78 is 12.5. The van der Waals surface area contributed by atoms with Crippen molar-refractivity contribution in [3.8, 4) is 11.5 Å². The predicted octanol–water partition coefficient (Wildman–Crippen LogP) is 2.53. The van der Waals surface area contributed by atoms with Crippen molar-refractivity contribution < 1.29 is 34.4 Å². The van der Waals surface area contributed by atoms with Crippen LogP contribution in [0, 0.1) is 0 Å². The van der Waals surface area contributed by atoms with Crippen molar-refractivity contribution in [1.29, 1.82) is 0 Å². The second-order valence-corrected chi connectivity index (χ2v) is 8.70. The predicted molar refractivity (Wildman–Crippen MR) is 145 cm³/mol. The molecule has 3 aromatic rings. The van der Waals surface area contributed by atoms with Crippen LogP contribution in [0.4, 0.5) is 0 Å². The number of methoxy groups -OCH3 is 1. The first-order chi connectivity index (χ1) is 18.9. The summed E-state index contributed by atoms with van der Waals surface area (Å²) >= 11 is 0. The molecule has 1 aromatic heterocycles. The Morgan fingerprint density at radius 1 is 0.949 bits per heavy atom. The minimum Gasteiger partial charge on any atom is -0.508 e. The van der Waals surface area contributed by atoms with E-state index in [2.05, 4.69) is 10.3 Å². The maximum Gasteiger partial charge on any atom is 0.163 e. The highest BCUT2D eigenvalue weighted by atomic mass is 16.5. The van der Waals surface area contributed by atoms with Gasteiger partial charge in [-0.25, -0.2) is 4.68 Å². The number of carbonyl (C=O) groups is 2. The summed E-state index contributed by atoms with van der Waals surface area (Å²) in [5.74, 6) is -0.0253. The third-order valence-corrected chi connectivity index (χ3v) is 5.79. The Kier molecular flexibility index (Phi) is 11.6. The maximum absolute atomic E-state index is 12.3. The van der Waals surface area contributed by atoms with Crippen LogP contribution >= 0.6 is 0 Å². The lowest BCUT2D eigenvalue weighted by Gasteiger charge is -2.09. The van der Waals surface area contributed by atoms with Crippen molar-refractivity contribution in [2.24, 2.45) is 0 Å². The van der Waals surface area contributed by atoms with Gasteiger partial charge in [0, 0.05) is 11.8 Å². The van der Waals surface area contributed by atoms with Gasteiger partial charge in [-0.1, -0.05) is 35.6 Å². The largest absolute Gasteiger partial charge is 0.508 e. The average Bonchev–Trinajstić information content (AvgIpc) is 3.40. The summed E-state index contributed by atoms with van der Waals surface area (Å²) in [7, 11) is 1.59. The number of carbonyl (C=O) groups excluding carboxylic acids is 2.